The van der Waals surface area contributed by atoms with Gasteiger partial charge in [0.2, 0.25) is 0 Å². The van der Waals surface area contributed by atoms with E-state index in [1.54, 1.807) is 22.9 Å². The molecule has 0 unspecified atom stereocenters. The van der Waals surface area contributed by atoms with Gasteiger partial charge in [-0.15, -0.1) is 0 Å². The predicted molar refractivity (Wildman–Crippen MR) is 66.9 cm³/mol. The number of halogens is 2. The van der Waals surface area contributed by atoms with Gasteiger partial charge in [0.15, 0.2) is 5.82 Å². The van der Waals surface area contributed by atoms with Crippen LogP contribution in [0.1, 0.15) is 11.3 Å². The van der Waals surface area contributed by atoms with Gasteiger partial charge in [0.25, 0.3) is 0 Å². The topological polar surface area (TPSA) is 30.2 Å². The molecule has 6 heteroatoms. The van der Waals surface area contributed by atoms with Crippen LogP contribution in [0, 0.1) is 12.7 Å². The molecule has 0 aliphatic carbocycles. The smallest absolute Gasteiger partial charge is 0.187 e. The molecular weight excluding hydrogens is 261 g/mol. The van der Waals surface area contributed by atoms with E-state index >= 15 is 0 Å². The number of aromatic nitrogens is 2. The number of nitrogens with zero attached hydrogens (tertiary/aromatic N) is 3. The molecule has 2 aromatic rings. The van der Waals surface area contributed by atoms with Crippen molar-refractivity contribution < 1.29 is 4.39 Å². The molecule has 1 aromatic heterocycles. The SMILES string of the molecule is Cc1cc(N=S)nn1Cc1c(F)cccc1Cl. The summed E-state index contributed by atoms with van der Waals surface area (Å²) in [4.78, 5) is 0. The third kappa shape index (κ3) is 2.50. The van der Waals surface area contributed by atoms with Gasteiger partial charge in [-0.3, -0.25) is 4.68 Å². The molecule has 0 bridgehead atoms. The second kappa shape index (κ2) is 4.89. The van der Waals surface area contributed by atoms with E-state index in [2.05, 4.69) is 21.9 Å². The first kappa shape index (κ1) is 12.1. The maximum absolute atomic E-state index is 13.6. The number of benzene rings is 1. The summed E-state index contributed by atoms with van der Waals surface area (Å²) in [6.45, 7) is 2.12. The molecule has 0 radical (unpaired) electrons. The van der Waals surface area contributed by atoms with Crippen LogP contribution in [0.4, 0.5) is 10.2 Å². The van der Waals surface area contributed by atoms with E-state index in [0.717, 1.165) is 5.69 Å². The van der Waals surface area contributed by atoms with Gasteiger partial charge in [0.05, 0.1) is 6.54 Å². The van der Waals surface area contributed by atoms with Crippen molar-refractivity contribution in [2.75, 3.05) is 0 Å². The Morgan fingerprint density at radius 3 is 2.88 bits per heavy atom. The second-order valence-electron chi connectivity index (χ2n) is 3.59. The van der Waals surface area contributed by atoms with Crippen molar-refractivity contribution in [2.24, 2.45) is 4.36 Å². The molecule has 0 atom stereocenters. The molecule has 0 aliphatic rings. The molecular formula is C11H9ClFN3S. The van der Waals surface area contributed by atoms with Gasteiger partial charge < -0.3 is 0 Å². The lowest BCUT2D eigenvalue weighted by atomic mass is 10.2. The molecule has 1 aromatic carbocycles. The van der Waals surface area contributed by atoms with Crippen LogP contribution in [0.2, 0.25) is 5.02 Å². The van der Waals surface area contributed by atoms with E-state index < -0.39 is 0 Å². The average molecular weight is 270 g/mol. The molecule has 0 amide bonds. The Kier molecular flexibility index (Phi) is 3.49. The Hall–Kier alpha value is -1.33. The van der Waals surface area contributed by atoms with Crippen LogP contribution in [0.3, 0.4) is 0 Å². The fourth-order valence-corrected chi connectivity index (χ4v) is 1.84. The lowest BCUT2D eigenvalue weighted by Gasteiger charge is -2.07. The van der Waals surface area contributed by atoms with Crippen molar-refractivity contribution in [3.63, 3.8) is 0 Å². The molecule has 0 spiro atoms. The summed E-state index contributed by atoms with van der Waals surface area (Å²) in [6, 6.07) is 6.33. The molecule has 0 fully saturated rings. The summed E-state index contributed by atoms with van der Waals surface area (Å²) < 4.78 is 18.8. The maximum atomic E-state index is 13.6. The Morgan fingerprint density at radius 1 is 1.53 bits per heavy atom. The van der Waals surface area contributed by atoms with Crippen molar-refractivity contribution in [3.05, 3.63) is 46.4 Å². The quantitative estimate of drug-likeness (QED) is 0.855. The van der Waals surface area contributed by atoms with Crippen LogP contribution in [-0.4, -0.2) is 9.78 Å². The number of rotatable bonds is 3. The van der Waals surface area contributed by atoms with E-state index in [9.17, 15) is 4.39 Å². The van der Waals surface area contributed by atoms with Gasteiger partial charge in [-0.25, -0.2) is 4.39 Å². The largest absolute Gasteiger partial charge is 0.263 e. The van der Waals surface area contributed by atoms with Crippen LogP contribution < -0.4 is 0 Å². The number of aryl methyl sites for hydroxylation is 1. The minimum atomic E-state index is -0.343. The first-order valence-corrected chi connectivity index (χ1v) is 5.67. The Balaban J connectivity index is 2.37. The summed E-state index contributed by atoms with van der Waals surface area (Å²) in [5.41, 5.74) is 1.27. The van der Waals surface area contributed by atoms with Gasteiger partial charge >= 0.3 is 0 Å². The van der Waals surface area contributed by atoms with Crippen LogP contribution >= 0.6 is 11.6 Å². The number of hydrogen-bond donors (Lipinski definition) is 0. The predicted octanol–water partition coefficient (Wildman–Crippen LogP) is 3.39. The normalized spacial score (nSPS) is 10.5. The van der Waals surface area contributed by atoms with Crippen LogP contribution in [-0.2, 0) is 19.0 Å². The van der Waals surface area contributed by atoms with E-state index in [1.165, 1.54) is 6.07 Å². The maximum Gasteiger partial charge on any atom is 0.187 e. The zero-order chi connectivity index (χ0) is 12.4. The van der Waals surface area contributed by atoms with Crippen LogP contribution in [0.25, 0.3) is 0 Å². The average Bonchev–Trinajstić information content (AvgIpc) is 2.65. The molecule has 3 nitrogen and oxygen atoms in total. The molecule has 88 valence electrons. The lowest BCUT2D eigenvalue weighted by molar-refractivity contribution is 0.581. The van der Waals surface area contributed by atoms with Crippen molar-refractivity contribution in [1.82, 2.24) is 9.78 Å². The summed E-state index contributed by atoms with van der Waals surface area (Å²) >= 11 is 10.5. The summed E-state index contributed by atoms with van der Waals surface area (Å²) in [5, 5.41) is 4.51. The summed E-state index contributed by atoms with van der Waals surface area (Å²) in [6.07, 6.45) is 0. The third-order valence-electron chi connectivity index (χ3n) is 2.43. The van der Waals surface area contributed by atoms with Crippen molar-refractivity contribution in [2.45, 2.75) is 13.5 Å². The molecule has 2 rings (SSSR count). The number of hydrogen-bond acceptors (Lipinski definition) is 3. The highest BCUT2D eigenvalue weighted by atomic mass is 35.5. The lowest BCUT2D eigenvalue weighted by Crippen LogP contribution is -2.06. The molecule has 0 N–H and O–H groups in total. The first-order chi connectivity index (χ1) is 8.11. The van der Waals surface area contributed by atoms with Gasteiger partial charge in [-0.2, -0.15) is 9.46 Å². The highest BCUT2D eigenvalue weighted by Gasteiger charge is 2.10. The summed E-state index contributed by atoms with van der Waals surface area (Å²) in [5.74, 6) is 0.106. The Morgan fingerprint density at radius 2 is 2.29 bits per heavy atom. The van der Waals surface area contributed by atoms with Gasteiger partial charge in [-0.05, 0) is 19.1 Å². The first-order valence-electron chi connectivity index (χ1n) is 4.92. The van der Waals surface area contributed by atoms with Gasteiger partial charge in [0, 0.05) is 34.8 Å². The Bertz CT molecular complexity index is 548. The zero-order valence-electron chi connectivity index (χ0n) is 9.02. The molecule has 0 saturated heterocycles. The highest BCUT2D eigenvalue weighted by Crippen LogP contribution is 2.21. The van der Waals surface area contributed by atoms with E-state index in [4.69, 9.17) is 11.6 Å². The molecule has 17 heavy (non-hydrogen) atoms. The fraction of sp³-hybridized carbons (Fsp3) is 0.182. The van der Waals surface area contributed by atoms with E-state index in [1.807, 2.05) is 6.92 Å². The minimum Gasteiger partial charge on any atom is -0.263 e. The Labute approximate surface area is 108 Å². The third-order valence-corrected chi connectivity index (χ3v) is 2.97. The minimum absolute atomic E-state index is 0.266. The fourth-order valence-electron chi connectivity index (χ4n) is 1.53. The highest BCUT2D eigenvalue weighted by molar-refractivity contribution is 7.47. The zero-order valence-corrected chi connectivity index (χ0v) is 10.6. The van der Waals surface area contributed by atoms with E-state index in [0.29, 0.717) is 16.4 Å². The van der Waals surface area contributed by atoms with Gasteiger partial charge in [-0.1, -0.05) is 17.7 Å². The van der Waals surface area contributed by atoms with Crippen LogP contribution in [0.5, 0.6) is 0 Å². The summed E-state index contributed by atoms with van der Waals surface area (Å²) in [7, 11) is 0. The van der Waals surface area contributed by atoms with Crippen molar-refractivity contribution >= 4 is 29.8 Å². The standard InChI is InChI=1S/C11H9ClFN3S/c1-7-5-11(15-17)14-16(7)6-8-9(12)3-2-4-10(8)13/h2-5H,6H2,1H3. The van der Waals surface area contributed by atoms with Crippen molar-refractivity contribution in [3.8, 4) is 0 Å². The molecule has 0 aliphatic heterocycles. The van der Waals surface area contributed by atoms with Crippen molar-refractivity contribution in [1.29, 1.82) is 0 Å². The van der Waals surface area contributed by atoms with E-state index in [-0.39, 0.29) is 12.4 Å². The van der Waals surface area contributed by atoms with Crippen LogP contribution in [0.15, 0.2) is 28.6 Å². The molecule has 1 heterocycles. The molecule has 0 saturated carbocycles. The monoisotopic (exact) mass is 269 g/mol. The van der Waals surface area contributed by atoms with Gasteiger partial charge in [0.1, 0.15) is 5.82 Å². The second-order valence-corrected chi connectivity index (χ2v) is 4.18.